The van der Waals surface area contributed by atoms with E-state index in [1.807, 2.05) is 36.4 Å². The van der Waals surface area contributed by atoms with Crippen LogP contribution in [-0.2, 0) is 6.54 Å². The van der Waals surface area contributed by atoms with E-state index in [-0.39, 0.29) is 5.91 Å². The fourth-order valence-corrected chi connectivity index (χ4v) is 3.10. The van der Waals surface area contributed by atoms with Crippen molar-refractivity contribution in [2.24, 2.45) is 0 Å². The van der Waals surface area contributed by atoms with Gasteiger partial charge in [0.05, 0.1) is 30.7 Å². The molecule has 0 aliphatic heterocycles. The van der Waals surface area contributed by atoms with Gasteiger partial charge in [-0.3, -0.25) is 9.89 Å². The molecule has 1 N–H and O–H groups in total. The Hall–Kier alpha value is -3.15. The van der Waals surface area contributed by atoms with E-state index in [1.165, 1.54) is 12.8 Å². The molecule has 1 aliphatic carbocycles. The average molecular weight is 362 g/mol. The van der Waals surface area contributed by atoms with Crippen LogP contribution in [0.25, 0.3) is 11.3 Å². The summed E-state index contributed by atoms with van der Waals surface area (Å²) in [5.41, 5.74) is 4.34. The normalized spacial score (nSPS) is 13.4. The molecule has 0 atom stereocenters. The largest absolute Gasteiger partial charge is 0.481 e. The molecule has 0 spiro atoms. The molecule has 1 aliphatic rings. The van der Waals surface area contributed by atoms with E-state index in [4.69, 9.17) is 4.74 Å². The first-order valence-electron chi connectivity index (χ1n) is 9.05. The lowest BCUT2D eigenvalue weighted by Gasteiger charge is -2.16. The monoisotopic (exact) mass is 362 g/mol. The van der Waals surface area contributed by atoms with Gasteiger partial charge in [-0.15, -0.1) is 0 Å². The fraction of sp³-hybridized carbons (Fsp3) is 0.286. The minimum Gasteiger partial charge on any atom is -0.481 e. The number of ether oxygens (including phenoxy) is 1. The first-order valence-corrected chi connectivity index (χ1v) is 9.05. The zero-order valence-corrected chi connectivity index (χ0v) is 15.5. The maximum absolute atomic E-state index is 12.9. The predicted molar refractivity (Wildman–Crippen MR) is 103 cm³/mol. The topological polar surface area (TPSA) is 71.1 Å². The number of pyridine rings is 1. The quantitative estimate of drug-likeness (QED) is 0.727. The van der Waals surface area contributed by atoms with Crippen LogP contribution in [-0.4, -0.2) is 40.1 Å². The molecule has 3 aromatic rings. The van der Waals surface area contributed by atoms with Crippen LogP contribution in [0.5, 0.6) is 5.88 Å². The summed E-state index contributed by atoms with van der Waals surface area (Å²) in [7, 11) is 3.39. The Labute approximate surface area is 158 Å². The molecule has 6 heteroatoms. The molecular formula is C21H22N4O2. The van der Waals surface area contributed by atoms with Crippen LogP contribution in [0.1, 0.15) is 40.5 Å². The van der Waals surface area contributed by atoms with Gasteiger partial charge in [0.25, 0.3) is 5.91 Å². The molecule has 1 aromatic carbocycles. The number of hydrogen-bond donors (Lipinski definition) is 1. The number of methoxy groups -OCH3 is 1. The zero-order chi connectivity index (χ0) is 18.8. The first-order chi connectivity index (χ1) is 13.1. The van der Waals surface area contributed by atoms with Crippen LogP contribution in [0.15, 0.2) is 48.5 Å². The van der Waals surface area contributed by atoms with Gasteiger partial charge in [0.1, 0.15) is 0 Å². The molecule has 27 heavy (non-hydrogen) atoms. The van der Waals surface area contributed by atoms with Crippen molar-refractivity contribution >= 4 is 5.91 Å². The fourth-order valence-electron chi connectivity index (χ4n) is 3.10. The lowest BCUT2D eigenvalue weighted by atomic mass is 10.1. The smallest absolute Gasteiger partial charge is 0.253 e. The number of aromatic nitrogens is 3. The van der Waals surface area contributed by atoms with Crippen molar-refractivity contribution in [2.45, 2.75) is 25.3 Å². The van der Waals surface area contributed by atoms with Gasteiger partial charge in [-0.25, -0.2) is 4.98 Å². The van der Waals surface area contributed by atoms with E-state index in [0.29, 0.717) is 23.9 Å². The summed E-state index contributed by atoms with van der Waals surface area (Å²) in [6, 6.07) is 15.2. The second-order valence-electron chi connectivity index (χ2n) is 6.90. The van der Waals surface area contributed by atoms with Crippen molar-refractivity contribution in [2.75, 3.05) is 14.2 Å². The number of amides is 1. The molecule has 1 saturated carbocycles. The highest BCUT2D eigenvalue weighted by Crippen LogP contribution is 2.39. The molecule has 1 amide bonds. The van der Waals surface area contributed by atoms with Crippen LogP contribution in [0, 0.1) is 0 Å². The van der Waals surface area contributed by atoms with Gasteiger partial charge in [0.2, 0.25) is 5.88 Å². The number of aromatic amines is 1. The predicted octanol–water partition coefficient (Wildman–Crippen LogP) is 3.63. The van der Waals surface area contributed by atoms with Crippen LogP contribution < -0.4 is 4.74 Å². The molecular weight excluding hydrogens is 340 g/mol. The lowest BCUT2D eigenvalue weighted by molar-refractivity contribution is 0.0783. The van der Waals surface area contributed by atoms with Crippen molar-refractivity contribution in [1.29, 1.82) is 0 Å². The van der Waals surface area contributed by atoms with Crippen molar-refractivity contribution in [1.82, 2.24) is 20.1 Å². The second kappa shape index (κ2) is 7.23. The molecule has 0 bridgehead atoms. The van der Waals surface area contributed by atoms with Crippen molar-refractivity contribution < 1.29 is 9.53 Å². The van der Waals surface area contributed by atoms with Gasteiger partial charge in [-0.1, -0.05) is 18.2 Å². The van der Waals surface area contributed by atoms with Gasteiger partial charge < -0.3 is 9.64 Å². The van der Waals surface area contributed by atoms with E-state index < -0.39 is 0 Å². The first kappa shape index (κ1) is 17.3. The summed E-state index contributed by atoms with van der Waals surface area (Å²) in [5, 5.41) is 7.40. The number of H-pyrrole nitrogens is 1. The number of carbonyl (C=O) groups excluding carboxylic acids is 1. The number of rotatable bonds is 6. The molecule has 4 rings (SSSR count). The summed E-state index contributed by atoms with van der Waals surface area (Å²) in [4.78, 5) is 19.0. The van der Waals surface area contributed by atoms with Gasteiger partial charge in [0, 0.05) is 30.2 Å². The highest BCUT2D eigenvalue weighted by molar-refractivity contribution is 5.95. The summed E-state index contributed by atoms with van der Waals surface area (Å²) in [6.07, 6.45) is 2.42. The second-order valence-corrected chi connectivity index (χ2v) is 6.90. The minimum absolute atomic E-state index is 0.0395. The SMILES string of the molecule is COc1cccc(-c2cccc(C(=O)N(C)Cc3cc(C4CC4)n[nH]3)c2)n1. The summed E-state index contributed by atoms with van der Waals surface area (Å²) < 4.78 is 5.19. The van der Waals surface area contributed by atoms with Crippen molar-refractivity contribution in [3.05, 3.63) is 65.5 Å². The number of benzene rings is 1. The summed E-state index contributed by atoms with van der Waals surface area (Å²) >= 11 is 0. The highest BCUT2D eigenvalue weighted by Gasteiger charge is 2.26. The zero-order valence-electron chi connectivity index (χ0n) is 15.5. The lowest BCUT2D eigenvalue weighted by Crippen LogP contribution is -2.26. The van der Waals surface area contributed by atoms with E-state index >= 15 is 0 Å². The van der Waals surface area contributed by atoms with E-state index in [2.05, 4.69) is 21.2 Å². The van der Waals surface area contributed by atoms with E-state index in [9.17, 15) is 4.79 Å². The molecule has 2 heterocycles. The number of hydrogen-bond acceptors (Lipinski definition) is 4. The van der Waals surface area contributed by atoms with E-state index in [0.717, 1.165) is 22.6 Å². The maximum atomic E-state index is 12.9. The number of carbonyl (C=O) groups is 1. The molecule has 138 valence electrons. The molecule has 2 aromatic heterocycles. The Morgan fingerprint density at radius 2 is 2.04 bits per heavy atom. The third-order valence-electron chi connectivity index (χ3n) is 4.74. The molecule has 1 fully saturated rings. The third kappa shape index (κ3) is 3.84. The Morgan fingerprint density at radius 3 is 2.81 bits per heavy atom. The van der Waals surface area contributed by atoms with Crippen LogP contribution in [0.2, 0.25) is 0 Å². The maximum Gasteiger partial charge on any atom is 0.253 e. The van der Waals surface area contributed by atoms with Crippen LogP contribution in [0.4, 0.5) is 0 Å². The summed E-state index contributed by atoms with van der Waals surface area (Å²) in [5.74, 6) is 1.11. The van der Waals surface area contributed by atoms with Crippen LogP contribution >= 0.6 is 0 Å². The number of nitrogens with zero attached hydrogens (tertiary/aromatic N) is 3. The molecule has 0 unspecified atom stereocenters. The van der Waals surface area contributed by atoms with Crippen LogP contribution in [0.3, 0.4) is 0 Å². The van der Waals surface area contributed by atoms with Crippen molar-refractivity contribution in [3.8, 4) is 17.1 Å². The highest BCUT2D eigenvalue weighted by atomic mass is 16.5. The Morgan fingerprint density at radius 1 is 1.22 bits per heavy atom. The van der Waals surface area contributed by atoms with Gasteiger partial charge in [-0.05, 0) is 37.1 Å². The van der Waals surface area contributed by atoms with Gasteiger partial charge in [-0.2, -0.15) is 5.10 Å². The average Bonchev–Trinajstić information content (AvgIpc) is 3.46. The third-order valence-corrected chi connectivity index (χ3v) is 4.74. The number of nitrogens with one attached hydrogen (secondary N) is 1. The van der Waals surface area contributed by atoms with E-state index in [1.54, 1.807) is 25.1 Å². The minimum atomic E-state index is -0.0395. The molecule has 0 radical (unpaired) electrons. The Bertz CT molecular complexity index is 962. The Kier molecular flexibility index (Phi) is 4.62. The standard InChI is InChI=1S/C21H22N4O2/c1-25(13-17-12-19(24-23-17)14-9-10-14)21(26)16-6-3-5-15(11-16)18-7-4-8-20(22-18)27-2/h3-8,11-12,14H,9-10,13H2,1-2H3,(H,23,24). The Balaban J connectivity index is 1.50. The summed E-state index contributed by atoms with van der Waals surface area (Å²) in [6.45, 7) is 0.500. The van der Waals surface area contributed by atoms with Gasteiger partial charge >= 0.3 is 0 Å². The van der Waals surface area contributed by atoms with Crippen molar-refractivity contribution in [3.63, 3.8) is 0 Å². The van der Waals surface area contributed by atoms with Gasteiger partial charge in [0.15, 0.2) is 0 Å². The molecule has 0 saturated heterocycles. The molecule has 6 nitrogen and oxygen atoms in total.